The van der Waals surface area contributed by atoms with Gasteiger partial charge < -0.3 is 29.7 Å². The zero-order chi connectivity index (χ0) is 22.0. The Morgan fingerprint density at radius 3 is 2.74 bits per heavy atom. The topological polar surface area (TPSA) is 87.0 Å². The molecule has 166 valence electrons. The molecular formula is C21H28ClN7O2. The molecule has 1 aromatic carbocycles. The predicted octanol–water partition coefficient (Wildman–Crippen LogP) is 0.441. The third-order valence-electron chi connectivity index (χ3n) is 5.55. The number of methoxy groups -OCH3 is 1. The summed E-state index contributed by atoms with van der Waals surface area (Å²) in [5.41, 5.74) is 1.62. The maximum absolute atomic E-state index is 11.5. The van der Waals surface area contributed by atoms with E-state index in [-0.39, 0.29) is 6.17 Å². The number of carbonyl (C=O) groups excluding carboxylic acids is 1. The maximum Gasteiger partial charge on any atom is 0.406 e. The highest BCUT2D eigenvalue weighted by Crippen LogP contribution is 2.25. The first-order chi connectivity index (χ1) is 15.0. The van der Waals surface area contributed by atoms with E-state index in [2.05, 4.69) is 27.5 Å². The van der Waals surface area contributed by atoms with Crippen LogP contribution in [-0.4, -0.2) is 78.5 Å². The highest BCUT2D eigenvalue weighted by molar-refractivity contribution is 6.33. The van der Waals surface area contributed by atoms with Gasteiger partial charge in [-0.25, -0.2) is 14.8 Å². The van der Waals surface area contributed by atoms with E-state index < -0.39 is 6.09 Å². The van der Waals surface area contributed by atoms with Gasteiger partial charge in [-0.1, -0.05) is 23.7 Å². The number of nitrogens with one attached hydrogen (secondary N) is 2. The van der Waals surface area contributed by atoms with E-state index in [1.807, 2.05) is 35.8 Å². The van der Waals surface area contributed by atoms with Crippen molar-refractivity contribution in [3.05, 3.63) is 40.1 Å². The molecule has 2 aliphatic heterocycles. The average Bonchev–Trinajstić information content (AvgIpc) is 3.12. The van der Waals surface area contributed by atoms with Gasteiger partial charge in [0.2, 0.25) is 0 Å². The first kappa shape index (κ1) is 21.5. The lowest BCUT2D eigenvalue weighted by Gasteiger charge is -2.36. The van der Waals surface area contributed by atoms with Crippen LogP contribution in [-0.2, 0) is 11.3 Å². The van der Waals surface area contributed by atoms with Gasteiger partial charge in [-0.3, -0.25) is 0 Å². The first-order valence-electron chi connectivity index (χ1n) is 10.4. The molecule has 1 aromatic heterocycles. The summed E-state index contributed by atoms with van der Waals surface area (Å²) in [6, 6.07) is 7.64. The normalized spacial score (nSPS) is 18.8. The minimum atomic E-state index is -0.468. The molecular weight excluding hydrogens is 418 g/mol. The fourth-order valence-electron chi connectivity index (χ4n) is 3.89. The summed E-state index contributed by atoms with van der Waals surface area (Å²) in [4.78, 5) is 26.0. The molecule has 1 saturated heterocycles. The number of aromatic nitrogens is 2. The van der Waals surface area contributed by atoms with Crippen LogP contribution in [0.1, 0.15) is 6.92 Å². The van der Waals surface area contributed by atoms with E-state index in [9.17, 15) is 4.79 Å². The Balaban J connectivity index is 1.83. The SMILES string of the molecule is COC(=O)NCCn1c(-c2ccccc2Cl)nc2c1=NC(C)NC=2N1CCN(C)CC1. The fraction of sp³-hybridized carbons (Fsp3) is 0.476. The van der Waals surface area contributed by atoms with Crippen LogP contribution in [0.2, 0.25) is 5.02 Å². The molecule has 1 amide bonds. The largest absolute Gasteiger partial charge is 0.453 e. The zero-order valence-electron chi connectivity index (χ0n) is 18.1. The number of amides is 1. The monoisotopic (exact) mass is 445 g/mol. The third-order valence-corrected chi connectivity index (χ3v) is 5.88. The number of halogens is 1. The minimum absolute atomic E-state index is 0.0923. The number of rotatable bonds is 5. The number of imidazole rings is 1. The molecule has 1 unspecified atom stereocenters. The lowest BCUT2D eigenvalue weighted by atomic mass is 10.2. The molecule has 9 nitrogen and oxygen atoms in total. The number of piperazine rings is 1. The summed E-state index contributed by atoms with van der Waals surface area (Å²) in [6.45, 7) is 6.73. The number of carbonyl (C=O) groups is 1. The second kappa shape index (κ2) is 9.15. The van der Waals surface area contributed by atoms with E-state index in [0.717, 1.165) is 54.2 Å². The van der Waals surface area contributed by atoms with Crippen molar-refractivity contribution in [3.63, 3.8) is 0 Å². The van der Waals surface area contributed by atoms with E-state index in [4.69, 9.17) is 26.3 Å². The van der Waals surface area contributed by atoms with Crippen molar-refractivity contribution in [3.8, 4) is 11.4 Å². The highest BCUT2D eigenvalue weighted by Gasteiger charge is 2.25. The average molecular weight is 446 g/mol. The van der Waals surface area contributed by atoms with Gasteiger partial charge in [0.1, 0.15) is 23.2 Å². The van der Waals surface area contributed by atoms with Gasteiger partial charge in [-0.15, -0.1) is 0 Å². The van der Waals surface area contributed by atoms with Crippen molar-refractivity contribution in [1.82, 2.24) is 30.0 Å². The lowest BCUT2D eigenvalue weighted by molar-refractivity contribution is 0.170. The number of alkyl carbamates (subject to hydrolysis) is 1. The molecule has 0 bridgehead atoms. The van der Waals surface area contributed by atoms with Crippen molar-refractivity contribution in [2.75, 3.05) is 46.9 Å². The fourth-order valence-corrected chi connectivity index (χ4v) is 4.11. The van der Waals surface area contributed by atoms with E-state index in [0.29, 0.717) is 18.1 Å². The van der Waals surface area contributed by atoms with Crippen LogP contribution < -0.4 is 21.5 Å². The molecule has 0 aliphatic carbocycles. The maximum atomic E-state index is 11.5. The quantitative estimate of drug-likeness (QED) is 0.694. The van der Waals surface area contributed by atoms with E-state index in [1.165, 1.54) is 7.11 Å². The highest BCUT2D eigenvalue weighted by atomic mass is 35.5. The lowest BCUT2D eigenvalue weighted by Crippen LogP contribution is -2.54. The third kappa shape index (κ3) is 4.47. The number of fused-ring (bicyclic) bond motifs is 1. The Kier molecular flexibility index (Phi) is 6.33. The Labute approximate surface area is 186 Å². The molecule has 10 heteroatoms. The van der Waals surface area contributed by atoms with Gasteiger partial charge in [0.25, 0.3) is 0 Å². The summed E-state index contributed by atoms with van der Waals surface area (Å²) in [7, 11) is 3.49. The molecule has 31 heavy (non-hydrogen) atoms. The van der Waals surface area contributed by atoms with Gasteiger partial charge in [-0.2, -0.15) is 0 Å². The van der Waals surface area contributed by atoms with Crippen LogP contribution in [0, 0.1) is 0 Å². The Bertz CT molecular complexity index is 1080. The molecule has 2 N–H and O–H groups in total. The van der Waals surface area contributed by atoms with Crippen LogP contribution in [0.25, 0.3) is 17.2 Å². The number of benzene rings is 1. The molecule has 1 atom stereocenters. The second-order valence-corrected chi connectivity index (χ2v) is 8.15. The number of nitrogens with zero attached hydrogens (tertiary/aromatic N) is 5. The van der Waals surface area contributed by atoms with Crippen LogP contribution in [0.4, 0.5) is 4.79 Å². The van der Waals surface area contributed by atoms with Gasteiger partial charge in [0.05, 0.1) is 12.1 Å². The summed E-state index contributed by atoms with van der Waals surface area (Å²) in [5.74, 6) is 1.73. The molecule has 4 rings (SSSR count). The molecule has 3 heterocycles. The number of ether oxygens (including phenoxy) is 1. The molecule has 0 saturated carbocycles. The van der Waals surface area contributed by atoms with Crippen LogP contribution in [0.15, 0.2) is 29.3 Å². The van der Waals surface area contributed by atoms with E-state index >= 15 is 0 Å². The van der Waals surface area contributed by atoms with Crippen molar-refractivity contribution < 1.29 is 9.53 Å². The van der Waals surface area contributed by atoms with Crippen LogP contribution in [0.3, 0.4) is 0 Å². The van der Waals surface area contributed by atoms with Gasteiger partial charge in [-0.05, 0) is 26.1 Å². The van der Waals surface area contributed by atoms with Crippen molar-refractivity contribution >= 4 is 23.5 Å². The van der Waals surface area contributed by atoms with Crippen molar-refractivity contribution in [2.24, 2.45) is 4.99 Å². The smallest absolute Gasteiger partial charge is 0.406 e. The zero-order valence-corrected chi connectivity index (χ0v) is 18.8. The number of hydrogen-bond acceptors (Lipinski definition) is 7. The summed E-state index contributed by atoms with van der Waals surface area (Å²) in [5, 5.41) is 7.68. The number of likely N-dealkylation sites (N-methyl/N-ethyl adjacent to an activating group) is 1. The summed E-state index contributed by atoms with van der Waals surface area (Å²) in [6.07, 6.45) is -0.560. The second-order valence-electron chi connectivity index (χ2n) is 7.75. The summed E-state index contributed by atoms with van der Waals surface area (Å²) >= 11 is 6.52. The van der Waals surface area contributed by atoms with Crippen LogP contribution in [0.5, 0.6) is 0 Å². The van der Waals surface area contributed by atoms with E-state index in [1.54, 1.807) is 0 Å². The number of hydrogen-bond donors (Lipinski definition) is 2. The molecule has 0 spiro atoms. The Morgan fingerprint density at radius 1 is 1.29 bits per heavy atom. The standard InChI is InChI=1S/C21H28ClN7O2/c1-14-24-19(28-12-10-27(2)11-13-28)17-20(25-14)29(9-8-23-21(30)31-3)18(26-17)15-6-4-5-7-16(15)22/h4-7,14,24H,8-13H2,1-3H3,(H,23,30). The molecule has 2 aliphatic rings. The predicted molar refractivity (Wildman–Crippen MR) is 119 cm³/mol. The molecule has 0 radical (unpaired) electrons. The first-order valence-corrected chi connectivity index (χ1v) is 10.8. The van der Waals surface area contributed by atoms with Gasteiger partial charge in [0.15, 0.2) is 5.49 Å². The molecule has 2 aromatic rings. The Morgan fingerprint density at radius 2 is 2.03 bits per heavy atom. The van der Waals surface area contributed by atoms with Crippen LogP contribution >= 0.6 is 11.6 Å². The van der Waals surface area contributed by atoms with Gasteiger partial charge in [0, 0.05) is 44.8 Å². The Hall–Kier alpha value is -2.78. The van der Waals surface area contributed by atoms with Crippen molar-refractivity contribution in [1.29, 1.82) is 0 Å². The van der Waals surface area contributed by atoms with Crippen molar-refractivity contribution in [2.45, 2.75) is 19.6 Å². The minimum Gasteiger partial charge on any atom is -0.453 e. The molecule has 1 fully saturated rings. The summed E-state index contributed by atoms with van der Waals surface area (Å²) < 4.78 is 6.72. The van der Waals surface area contributed by atoms with Gasteiger partial charge >= 0.3 is 6.09 Å².